The second-order valence-corrected chi connectivity index (χ2v) is 9.79. The molecule has 162 valence electrons. The molecule has 1 saturated heterocycles. The van der Waals surface area contributed by atoms with Crippen molar-refractivity contribution >= 4 is 52.2 Å². The van der Waals surface area contributed by atoms with E-state index in [-0.39, 0.29) is 17.1 Å². The number of anilines is 1. The number of rotatable bonds is 4. The number of hydrogen-bond acceptors (Lipinski definition) is 6. The van der Waals surface area contributed by atoms with E-state index < -0.39 is 23.2 Å². The lowest BCUT2D eigenvalue weighted by molar-refractivity contribution is -0.150. The second kappa shape index (κ2) is 8.27. The fraction of sp³-hybridized carbons (Fsp3) is 0.500. The molecule has 0 aliphatic carbocycles. The molecule has 0 spiro atoms. The predicted molar refractivity (Wildman–Crippen MR) is 121 cm³/mol. The molecule has 0 aromatic heterocycles. The Morgan fingerprint density at radius 1 is 1.40 bits per heavy atom. The van der Waals surface area contributed by atoms with E-state index in [2.05, 4.69) is 32.7 Å². The van der Waals surface area contributed by atoms with Crippen molar-refractivity contribution in [1.29, 1.82) is 0 Å². The molecule has 30 heavy (non-hydrogen) atoms. The number of nitrogens with zero attached hydrogens (tertiary/aromatic N) is 2. The number of imide groups is 1. The van der Waals surface area contributed by atoms with Crippen LogP contribution in [-0.2, 0) is 14.3 Å². The Morgan fingerprint density at radius 3 is 2.70 bits per heavy atom. The number of hydrogen-bond donors (Lipinski definition) is 0. The van der Waals surface area contributed by atoms with Crippen LogP contribution >= 0.6 is 23.4 Å². The summed E-state index contributed by atoms with van der Waals surface area (Å²) in [6, 6.07) is 2.95. The van der Waals surface area contributed by atoms with Crippen LogP contribution in [0.3, 0.4) is 0 Å². The average Bonchev–Trinajstić information content (AvgIpc) is 2.93. The molecule has 2 amide bonds. The van der Waals surface area contributed by atoms with Gasteiger partial charge in [-0.15, -0.1) is 0 Å². The van der Waals surface area contributed by atoms with Crippen molar-refractivity contribution in [3.05, 3.63) is 33.2 Å². The lowest BCUT2D eigenvalue weighted by atomic mass is 9.80. The van der Waals surface area contributed by atoms with E-state index in [4.69, 9.17) is 16.3 Å². The minimum Gasteiger partial charge on any atom is -0.464 e. The van der Waals surface area contributed by atoms with Crippen molar-refractivity contribution in [2.45, 2.75) is 58.5 Å². The predicted octanol–water partition coefficient (Wildman–Crippen LogP) is 5.05. The highest BCUT2D eigenvalue weighted by molar-refractivity contribution is 8.18. The first-order valence-corrected chi connectivity index (χ1v) is 11.2. The summed E-state index contributed by atoms with van der Waals surface area (Å²) in [6.07, 6.45) is 2.63. The number of thioether (sulfide) groups is 1. The van der Waals surface area contributed by atoms with E-state index in [0.29, 0.717) is 16.5 Å². The molecule has 6 nitrogen and oxygen atoms in total. The van der Waals surface area contributed by atoms with Gasteiger partial charge in [0.05, 0.1) is 11.5 Å². The number of benzene rings is 1. The van der Waals surface area contributed by atoms with Gasteiger partial charge < -0.3 is 9.64 Å². The number of ether oxygens (including phenoxy) is 1. The Morgan fingerprint density at radius 2 is 2.07 bits per heavy atom. The van der Waals surface area contributed by atoms with Gasteiger partial charge in [-0.2, -0.15) is 0 Å². The van der Waals surface area contributed by atoms with Gasteiger partial charge in [0.25, 0.3) is 11.1 Å². The zero-order valence-corrected chi connectivity index (χ0v) is 19.7. The summed E-state index contributed by atoms with van der Waals surface area (Å²) in [4.78, 5) is 40.6. The Bertz CT molecular complexity index is 943. The van der Waals surface area contributed by atoms with Crippen LogP contribution in [0.25, 0.3) is 6.08 Å². The standard InChI is InChI=1S/C22H27ClN2O4S/c1-7-29-20(27)13(3)25-19(26)18(30-21(25)28)9-14-8-15-12(2)11-22(4,5)24(6)17(15)10-16(14)23/h8-10,12-13H,7,11H2,1-6H3/b18-9+/t12-,13-/m1/s1. The summed E-state index contributed by atoms with van der Waals surface area (Å²) < 4.78 is 4.95. The van der Waals surface area contributed by atoms with Gasteiger partial charge in [0.1, 0.15) is 6.04 Å². The molecule has 1 fully saturated rings. The lowest BCUT2D eigenvalue weighted by Gasteiger charge is -2.45. The monoisotopic (exact) mass is 450 g/mol. The molecule has 0 unspecified atom stereocenters. The van der Waals surface area contributed by atoms with E-state index in [0.717, 1.165) is 34.3 Å². The van der Waals surface area contributed by atoms with Crippen molar-refractivity contribution in [2.75, 3.05) is 18.6 Å². The average molecular weight is 451 g/mol. The quantitative estimate of drug-likeness (QED) is 0.472. The van der Waals surface area contributed by atoms with Crippen molar-refractivity contribution in [1.82, 2.24) is 4.90 Å². The van der Waals surface area contributed by atoms with Gasteiger partial charge in [0.15, 0.2) is 0 Å². The van der Waals surface area contributed by atoms with Crippen LogP contribution in [0.4, 0.5) is 10.5 Å². The van der Waals surface area contributed by atoms with Crippen LogP contribution in [-0.4, -0.2) is 47.3 Å². The Kier molecular flexibility index (Phi) is 6.25. The molecule has 1 aromatic carbocycles. The highest BCUT2D eigenvalue weighted by Gasteiger charge is 2.41. The fourth-order valence-corrected chi connectivity index (χ4v) is 5.15. The highest BCUT2D eigenvalue weighted by Crippen LogP contribution is 2.45. The second-order valence-electron chi connectivity index (χ2n) is 8.39. The Labute approximate surface area is 186 Å². The minimum absolute atomic E-state index is 0.0170. The van der Waals surface area contributed by atoms with Crippen molar-refractivity contribution in [2.24, 2.45) is 0 Å². The van der Waals surface area contributed by atoms with E-state index in [1.807, 2.05) is 12.1 Å². The van der Waals surface area contributed by atoms with E-state index in [1.165, 1.54) is 6.92 Å². The zero-order chi connectivity index (χ0) is 22.4. The number of fused-ring (bicyclic) bond motifs is 1. The van der Waals surface area contributed by atoms with E-state index in [9.17, 15) is 14.4 Å². The maximum absolute atomic E-state index is 12.8. The topological polar surface area (TPSA) is 66.9 Å². The molecule has 3 rings (SSSR count). The number of carbonyl (C=O) groups is 3. The molecule has 0 saturated carbocycles. The molecule has 1 aromatic rings. The van der Waals surface area contributed by atoms with Crippen LogP contribution in [0.5, 0.6) is 0 Å². The molecule has 2 aliphatic heterocycles. The summed E-state index contributed by atoms with van der Waals surface area (Å²) in [5.74, 6) is -0.785. The van der Waals surface area contributed by atoms with Gasteiger partial charge in [0, 0.05) is 23.3 Å². The van der Waals surface area contributed by atoms with Gasteiger partial charge in [-0.05, 0) is 81.1 Å². The third-order valence-electron chi connectivity index (χ3n) is 5.88. The van der Waals surface area contributed by atoms with Gasteiger partial charge in [-0.3, -0.25) is 14.5 Å². The van der Waals surface area contributed by atoms with Crippen molar-refractivity contribution in [3.63, 3.8) is 0 Å². The van der Waals surface area contributed by atoms with E-state index >= 15 is 0 Å². The summed E-state index contributed by atoms with van der Waals surface area (Å²) in [5.41, 5.74) is 2.93. The Hall–Kier alpha value is -1.99. The lowest BCUT2D eigenvalue weighted by Crippen LogP contribution is -2.45. The summed E-state index contributed by atoms with van der Waals surface area (Å²) in [5, 5.41) is 0.0199. The van der Waals surface area contributed by atoms with Gasteiger partial charge in [-0.1, -0.05) is 18.5 Å². The van der Waals surface area contributed by atoms with Crippen molar-refractivity contribution in [3.8, 4) is 0 Å². The highest BCUT2D eigenvalue weighted by atomic mass is 35.5. The summed E-state index contributed by atoms with van der Waals surface area (Å²) in [6.45, 7) is 9.94. The molecular formula is C22H27ClN2O4S. The number of esters is 1. The molecule has 2 aliphatic rings. The fourth-order valence-electron chi connectivity index (χ4n) is 4.04. The molecular weight excluding hydrogens is 424 g/mol. The molecule has 2 atom stereocenters. The molecule has 0 N–H and O–H groups in total. The molecule has 0 radical (unpaired) electrons. The van der Waals surface area contributed by atoms with Crippen LogP contribution in [0.1, 0.15) is 58.1 Å². The number of amides is 2. The van der Waals surface area contributed by atoms with Gasteiger partial charge >= 0.3 is 5.97 Å². The molecule has 2 heterocycles. The van der Waals surface area contributed by atoms with E-state index in [1.54, 1.807) is 13.0 Å². The van der Waals surface area contributed by atoms with Gasteiger partial charge in [-0.25, -0.2) is 4.79 Å². The first kappa shape index (κ1) is 22.7. The van der Waals surface area contributed by atoms with Crippen LogP contribution in [0.2, 0.25) is 5.02 Å². The van der Waals surface area contributed by atoms with Crippen LogP contribution < -0.4 is 4.90 Å². The summed E-state index contributed by atoms with van der Waals surface area (Å²) >= 11 is 7.37. The largest absolute Gasteiger partial charge is 0.464 e. The summed E-state index contributed by atoms with van der Waals surface area (Å²) in [7, 11) is 2.06. The molecule has 0 bridgehead atoms. The van der Waals surface area contributed by atoms with Crippen LogP contribution in [0.15, 0.2) is 17.0 Å². The Balaban J connectivity index is 1.95. The first-order chi connectivity index (χ1) is 14.0. The number of halogens is 1. The van der Waals surface area contributed by atoms with Crippen molar-refractivity contribution < 1.29 is 19.1 Å². The molecule has 8 heteroatoms. The maximum atomic E-state index is 12.8. The number of carbonyl (C=O) groups excluding carboxylic acids is 3. The van der Waals surface area contributed by atoms with Crippen LogP contribution in [0, 0.1) is 0 Å². The smallest absolute Gasteiger partial charge is 0.329 e. The normalized spacial score (nSPS) is 23.0. The third kappa shape index (κ3) is 3.97. The SMILES string of the molecule is CCOC(=O)[C@@H](C)N1C(=O)S/C(=C/c2cc3c(cc2Cl)N(C)C(C)(C)C[C@H]3C)C1=O. The third-order valence-corrected chi connectivity index (χ3v) is 7.09. The zero-order valence-electron chi connectivity index (χ0n) is 18.1. The first-order valence-electron chi connectivity index (χ1n) is 9.99. The van der Waals surface area contributed by atoms with Gasteiger partial charge in [0.2, 0.25) is 0 Å². The minimum atomic E-state index is -0.974. The maximum Gasteiger partial charge on any atom is 0.329 e.